The van der Waals surface area contributed by atoms with Crippen LogP contribution in [0.3, 0.4) is 0 Å². The molecule has 3 heteroatoms. The molecule has 0 fully saturated rings. The first-order chi connectivity index (χ1) is 9.28. The molecule has 112 valence electrons. The Labute approximate surface area is 123 Å². The van der Waals surface area contributed by atoms with Gasteiger partial charge < -0.3 is 10.1 Å². The third-order valence-corrected chi connectivity index (χ3v) is 2.79. The molecule has 0 atom stereocenters. The van der Waals surface area contributed by atoms with Gasteiger partial charge in [0.05, 0.1) is 12.3 Å². The van der Waals surface area contributed by atoms with Crippen LogP contribution < -0.4 is 10.1 Å². The maximum absolute atomic E-state index is 5.67. The van der Waals surface area contributed by atoms with E-state index in [1.807, 2.05) is 20.0 Å². The molecule has 0 saturated carbocycles. The van der Waals surface area contributed by atoms with Crippen molar-refractivity contribution in [2.75, 3.05) is 6.54 Å². The lowest BCUT2D eigenvalue weighted by Crippen LogP contribution is -2.36. The van der Waals surface area contributed by atoms with Gasteiger partial charge in [0.1, 0.15) is 5.75 Å². The number of rotatable bonds is 6. The largest absolute Gasteiger partial charge is 0.489 e. The smallest absolute Gasteiger partial charge is 0.138 e. The molecule has 1 aromatic heterocycles. The second kappa shape index (κ2) is 7.44. The van der Waals surface area contributed by atoms with Gasteiger partial charge >= 0.3 is 0 Å². The summed E-state index contributed by atoms with van der Waals surface area (Å²) in [6.45, 7) is 13.7. The molecule has 0 aliphatic rings. The fourth-order valence-electron chi connectivity index (χ4n) is 1.82. The Kier molecular flexibility index (Phi) is 6.21. The third kappa shape index (κ3) is 6.71. The van der Waals surface area contributed by atoms with Crippen LogP contribution in [0.2, 0.25) is 0 Å². The second-order valence-electron chi connectivity index (χ2n) is 6.43. The van der Waals surface area contributed by atoms with E-state index in [2.05, 4.69) is 50.1 Å². The molecule has 0 amide bonds. The molecule has 0 unspecified atom stereocenters. The van der Waals surface area contributed by atoms with Gasteiger partial charge in [0.15, 0.2) is 0 Å². The summed E-state index contributed by atoms with van der Waals surface area (Å²) in [4.78, 5) is 4.24. The monoisotopic (exact) mass is 276 g/mol. The van der Waals surface area contributed by atoms with Crippen LogP contribution in [0.1, 0.15) is 53.5 Å². The van der Waals surface area contributed by atoms with E-state index in [1.54, 1.807) is 6.20 Å². The average molecular weight is 276 g/mol. The Morgan fingerprint density at radius 1 is 1.35 bits per heavy atom. The summed E-state index contributed by atoms with van der Waals surface area (Å²) in [6, 6.07) is 2.05. The van der Waals surface area contributed by atoms with E-state index in [4.69, 9.17) is 4.74 Å². The van der Waals surface area contributed by atoms with Gasteiger partial charge in [-0.15, -0.1) is 0 Å². The predicted molar refractivity (Wildman–Crippen MR) is 86.0 cm³/mol. The molecule has 0 aromatic carbocycles. The van der Waals surface area contributed by atoms with Crippen LogP contribution in [0.25, 0.3) is 5.57 Å². The summed E-state index contributed by atoms with van der Waals surface area (Å²) in [6.07, 6.45) is 7.08. The first-order valence-corrected chi connectivity index (χ1v) is 7.32. The fourth-order valence-corrected chi connectivity index (χ4v) is 1.82. The summed E-state index contributed by atoms with van der Waals surface area (Å²) in [7, 11) is 0. The standard InChI is InChI=1S/C17H28N2O/c1-13(2)20-16-10-15(11-18-12-16)14(3)8-7-9-19-17(4,5)6/h8,10-13,19H,7,9H2,1-6H3/b14-8+. The van der Waals surface area contributed by atoms with E-state index < -0.39 is 0 Å². The van der Waals surface area contributed by atoms with Crippen molar-refractivity contribution in [1.29, 1.82) is 0 Å². The molecule has 1 heterocycles. The highest BCUT2D eigenvalue weighted by atomic mass is 16.5. The lowest BCUT2D eigenvalue weighted by Gasteiger charge is -2.19. The van der Waals surface area contributed by atoms with Crippen molar-refractivity contribution in [3.63, 3.8) is 0 Å². The highest BCUT2D eigenvalue weighted by molar-refractivity contribution is 5.63. The van der Waals surface area contributed by atoms with E-state index in [1.165, 1.54) is 5.57 Å². The summed E-state index contributed by atoms with van der Waals surface area (Å²) in [5, 5.41) is 3.48. The molecule has 0 aliphatic heterocycles. The molecule has 0 radical (unpaired) electrons. The number of pyridine rings is 1. The molecular weight excluding hydrogens is 248 g/mol. The number of nitrogens with one attached hydrogen (secondary N) is 1. The Morgan fingerprint density at radius 3 is 2.65 bits per heavy atom. The molecule has 1 aromatic rings. The van der Waals surface area contributed by atoms with E-state index in [-0.39, 0.29) is 11.6 Å². The Bertz CT molecular complexity index is 445. The predicted octanol–water partition coefficient (Wildman–Crippen LogP) is 4.05. The van der Waals surface area contributed by atoms with Gasteiger partial charge in [-0.05, 0) is 71.7 Å². The van der Waals surface area contributed by atoms with Crippen molar-refractivity contribution in [3.05, 3.63) is 30.1 Å². The van der Waals surface area contributed by atoms with Crippen LogP contribution in [-0.4, -0.2) is 23.2 Å². The second-order valence-corrected chi connectivity index (χ2v) is 6.43. The van der Waals surface area contributed by atoms with Crippen molar-refractivity contribution >= 4 is 5.57 Å². The van der Waals surface area contributed by atoms with Crippen LogP contribution in [0, 0.1) is 0 Å². The Balaban J connectivity index is 2.60. The normalized spacial score (nSPS) is 12.8. The molecule has 0 aliphatic carbocycles. The summed E-state index contributed by atoms with van der Waals surface area (Å²) < 4.78 is 5.67. The molecular formula is C17H28N2O. The zero-order valence-electron chi connectivity index (χ0n) is 13.7. The molecule has 1 N–H and O–H groups in total. The maximum atomic E-state index is 5.67. The van der Waals surface area contributed by atoms with Crippen LogP contribution in [0.5, 0.6) is 5.75 Å². The minimum Gasteiger partial charge on any atom is -0.489 e. The van der Waals surface area contributed by atoms with Crippen LogP contribution in [0.4, 0.5) is 0 Å². The lowest BCUT2D eigenvalue weighted by atomic mass is 10.1. The first-order valence-electron chi connectivity index (χ1n) is 7.32. The van der Waals surface area contributed by atoms with E-state index in [0.717, 1.165) is 24.3 Å². The van der Waals surface area contributed by atoms with Gasteiger partial charge in [-0.2, -0.15) is 0 Å². The average Bonchev–Trinajstić information content (AvgIpc) is 2.32. The van der Waals surface area contributed by atoms with Crippen molar-refractivity contribution in [2.45, 2.75) is 59.6 Å². The number of hydrogen-bond acceptors (Lipinski definition) is 3. The van der Waals surface area contributed by atoms with E-state index in [0.29, 0.717) is 0 Å². The first kappa shape index (κ1) is 16.7. The third-order valence-electron chi connectivity index (χ3n) is 2.79. The Morgan fingerprint density at radius 2 is 2.05 bits per heavy atom. The molecule has 1 rings (SSSR count). The van der Waals surface area contributed by atoms with Crippen molar-refractivity contribution < 1.29 is 4.74 Å². The Hall–Kier alpha value is -1.35. The van der Waals surface area contributed by atoms with Crippen LogP contribution in [0.15, 0.2) is 24.5 Å². The SMILES string of the molecule is C/C(=C\CCNC(C)(C)C)c1cncc(OC(C)C)c1. The number of aromatic nitrogens is 1. The summed E-state index contributed by atoms with van der Waals surface area (Å²) in [5.74, 6) is 0.832. The molecule has 0 bridgehead atoms. The van der Waals surface area contributed by atoms with Crippen molar-refractivity contribution in [1.82, 2.24) is 10.3 Å². The number of ether oxygens (including phenoxy) is 1. The number of allylic oxidation sites excluding steroid dienone is 1. The van der Waals surface area contributed by atoms with E-state index in [9.17, 15) is 0 Å². The number of hydrogen-bond donors (Lipinski definition) is 1. The number of nitrogens with zero attached hydrogens (tertiary/aromatic N) is 1. The van der Waals surface area contributed by atoms with Gasteiger partial charge in [-0.25, -0.2) is 0 Å². The highest BCUT2D eigenvalue weighted by Gasteiger charge is 2.07. The molecule has 20 heavy (non-hydrogen) atoms. The maximum Gasteiger partial charge on any atom is 0.138 e. The quantitative estimate of drug-likeness (QED) is 0.796. The van der Waals surface area contributed by atoms with Gasteiger partial charge in [-0.1, -0.05) is 6.08 Å². The molecule has 0 saturated heterocycles. The lowest BCUT2D eigenvalue weighted by molar-refractivity contribution is 0.241. The van der Waals surface area contributed by atoms with Crippen LogP contribution >= 0.6 is 0 Å². The van der Waals surface area contributed by atoms with Crippen molar-refractivity contribution in [2.24, 2.45) is 0 Å². The van der Waals surface area contributed by atoms with Crippen molar-refractivity contribution in [3.8, 4) is 5.75 Å². The summed E-state index contributed by atoms with van der Waals surface area (Å²) >= 11 is 0. The highest BCUT2D eigenvalue weighted by Crippen LogP contribution is 2.19. The fraction of sp³-hybridized carbons (Fsp3) is 0.588. The van der Waals surface area contributed by atoms with Crippen LogP contribution in [-0.2, 0) is 0 Å². The van der Waals surface area contributed by atoms with Gasteiger partial charge in [-0.3, -0.25) is 4.98 Å². The van der Waals surface area contributed by atoms with Gasteiger partial charge in [0, 0.05) is 11.7 Å². The molecule has 3 nitrogen and oxygen atoms in total. The van der Waals surface area contributed by atoms with Gasteiger partial charge in [0.2, 0.25) is 0 Å². The zero-order valence-corrected chi connectivity index (χ0v) is 13.7. The van der Waals surface area contributed by atoms with Gasteiger partial charge in [0.25, 0.3) is 0 Å². The minimum absolute atomic E-state index is 0.173. The summed E-state index contributed by atoms with van der Waals surface area (Å²) in [5.41, 5.74) is 2.54. The molecule has 0 spiro atoms. The van der Waals surface area contributed by atoms with E-state index >= 15 is 0 Å². The topological polar surface area (TPSA) is 34.2 Å². The minimum atomic E-state index is 0.173. The zero-order chi connectivity index (χ0) is 15.2.